The van der Waals surface area contributed by atoms with Gasteiger partial charge in [0.1, 0.15) is 5.82 Å². The molecule has 9 heteroatoms. The Bertz CT molecular complexity index is 1000. The van der Waals surface area contributed by atoms with Gasteiger partial charge in [0.25, 0.3) is 10.0 Å². The van der Waals surface area contributed by atoms with E-state index in [1.54, 1.807) is 13.8 Å². The normalized spacial score (nSPS) is 11.1. The zero-order chi connectivity index (χ0) is 19.6. The van der Waals surface area contributed by atoms with Crippen molar-refractivity contribution >= 4 is 33.3 Å². The topological polar surface area (TPSA) is 113 Å². The number of amides is 1. The first kappa shape index (κ1) is 19.4. The molecule has 0 aromatic heterocycles. The lowest BCUT2D eigenvalue weighted by atomic mass is 10.1. The van der Waals surface area contributed by atoms with E-state index >= 15 is 0 Å². The molecule has 0 heterocycles. The van der Waals surface area contributed by atoms with Crippen LogP contribution in [0.15, 0.2) is 35.2 Å². The average molecular weight is 380 g/mol. The molecule has 3 N–H and O–H groups in total. The van der Waals surface area contributed by atoms with Gasteiger partial charge in [-0.1, -0.05) is 6.07 Å². The molecule has 0 atom stereocenters. The SMILES string of the molecule is CC(=O)Nc1cc(NS(=O)(=O)c2cc(C(=O)O)c(C)cc2C)ccc1F. The molecule has 0 saturated carbocycles. The molecule has 2 aromatic carbocycles. The lowest BCUT2D eigenvalue weighted by Gasteiger charge is -2.14. The van der Waals surface area contributed by atoms with Gasteiger partial charge in [-0.2, -0.15) is 0 Å². The third kappa shape index (κ3) is 4.17. The number of hydrogen-bond donors (Lipinski definition) is 3. The summed E-state index contributed by atoms with van der Waals surface area (Å²) in [6, 6.07) is 5.88. The molecule has 0 unspecified atom stereocenters. The van der Waals surface area contributed by atoms with Crippen molar-refractivity contribution in [2.45, 2.75) is 25.7 Å². The van der Waals surface area contributed by atoms with E-state index in [-0.39, 0.29) is 21.8 Å². The van der Waals surface area contributed by atoms with Crippen LogP contribution >= 0.6 is 0 Å². The maximum atomic E-state index is 13.7. The minimum absolute atomic E-state index is 0.0204. The molecule has 0 saturated heterocycles. The highest BCUT2D eigenvalue weighted by atomic mass is 32.2. The Kier molecular flexibility index (Phi) is 5.31. The molecule has 0 spiro atoms. The Morgan fingerprint density at radius 3 is 2.31 bits per heavy atom. The number of nitrogens with one attached hydrogen (secondary N) is 2. The molecular formula is C17H17FN2O5S. The van der Waals surface area contributed by atoms with Gasteiger partial charge in [-0.3, -0.25) is 9.52 Å². The summed E-state index contributed by atoms with van der Waals surface area (Å²) in [6.45, 7) is 4.31. The van der Waals surface area contributed by atoms with Crippen LogP contribution in [0.1, 0.15) is 28.4 Å². The summed E-state index contributed by atoms with van der Waals surface area (Å²) in [6.07, 6.45) is 0. The maximum Gasteiger partial charge on any atom is 0.335 e. The van der Waals surface area contributed by atoms with Crippen molar-refractivity contribution in [1.29, 1.82) is 0 Å². The number of benzene rings is 2. The van der Waals surface area contributed by atoms with Crippen molar-refractivity contribution in [2.24, 2.45) is 0 Å². The van der Waals surface area contributed by atoms with Gasteiger partial charge in [-0.25, -0.2) is 17.6 Å². The summed E-state index contributed by atoms with van der Waals surface area (Å²) in [4.78, 5) is 22.1. The van der Waals surface area contributed by atoms with Gasteiger partial charge in [0.15, 0.2) is 0 Å². The van der Waals surface area contributed by atoms with Gasteiger partial charge in [0.2, 0.25) is 5.91 Å². The van der Waals surface area contributed by atoms with Crippen LogP contribution in [0, 0.1) is 19.7 Å². The molecule has 26 heavy (non-hydrogen) atoms. The second kappa shape index (κ2) is 7.12. The predicted molar refractivity (Wildman–Crippen MR) is 94.4 cm³/mol. The molecule has 0 fully saturated rings. The number of rotatable bonds is 5. The van der Waals surface area contributed by atoms with Gasteiger partial charge in [0, 0.05) is 6.92 Å². The highest BCUT2D eigenvalue weighted by molar-refractivity contribution is 7.92. The lowest BCUT2D eigenvalue weighted by molar-refractivity contribution is -0.114. The molecule has 1 amide bonds. The second-order valence-corrected chi connectivity index (χ2v) is 7.37. The van der Waals surface area contributed by atoms with Crippen molar-refractivity contribution in [3.05, 3.63) is 52.8 Å². The van der Waals surface area contributed by atoms with Crippen LogP contribution in [0.3, 0.4) is 0 Å². The first-order valence-corrected chi connectivity index (χ1v) is 8.94. The van der Waals surface area contributed by atoms with Crippen molar-refractivity contribution in [1.82, 2.24) is 0 Å². The largest absolute Gasteiger partial charge is 0.478 e. The number of hydrogen-bond acceptors (Lipinski definition) is 4. The maximum absolute atomic E-state index is 13.7. The number of aromatic carboxylic acids is 1. The molecule has 2 aromatic rings. The second-order valence-electron chi connectivity index (χ2n) is 5.72. The Labute approximate surface area is 149 Å². The first-order chi connectivity index (χ1) is 12.0. The Morgan fingerprint density at radius 2 is 1.73 bits per heavy atom. The van der Waals surface area contributed by atoms with Gasteiger partial charge in [0.05, 0.1) is 21.8 Å². The molecule has 0 aliphatic carbocycles. The summed E-state index contributed by atoms with van der Waals surface area (Å²) >= 11 is 0. The van der Waals surface area contributed by atoms with Crippen molar-refractivity contribution in [3.63, 3.8) is 0 Å². The minimum atomic E-state index is -4.12. The molecule has 0 aliphatic heterocycles. The fraction of sp³-hybridized carbons (Fsp3) is 0.176. The van der Waals surface area contributed by atoms with E-state index in [1.165, 1.54) is 19.1 Å². The van der Waals surface area contributed by atoms with Crippen molar-refractivity contribution in [3.8, 4) is 0 Å². The predicted octanol–water partition coefficient (Wildman–Crippen LogP) is 2.90. The summed E-state index contributed by atoms with van der Waals surface area (Å²) in [5.41, 5.74) is 0.512. The van der Waals surface area contributed by atoms with Crippen LogP contribution in [0.2, 0.25) is 0 Å². The quantitative estimate of drug-likeness (QED) is 0.738. The Morgan fingerprint density at radius 1 is 1.08 bits per heavy atom. The van der Waals surface area contributed by atoms with Crippen LogP contribution in [-0.2, 0) is 14.8 Å². The smallest absolute Gasteiger partial charge is 0.335 e. The number of aryl methyl sites for hydroxylation is 2. The van der Waals surface area contributed by atoms with Gasteiger partial charge in [-0.15, -0.1) is 0 Å². The first-order valence-electron chi connectivity index (χ1n) is 7.46. The summed E-state index contributed by atoms with van der Waals surface area (Å²) < 4.78 is 41.2. The Balaban J connectivity index is 2.45. The number of carbonyl (C=O) groups excluding carboxylic acids is 1. The molecule has 7 nitrogen and oxygen atoms in total. The minimum Gasteiger partial charge on any atom is -0.478 e. The van der Waals surface area contributed by atoms with E-state index in [0.29, 0.717) is 11.1 Å². The van der Waals surface area contributed by atoms with Crippen molar-refractivity contribution in [2.75, 3.05) is 10.0 Å². The van der Waals surface area contributed by atoms with E-state index in [0.717, 1.165) is 18.2 Å². The van der Waals surface area contributed by atoms with Crippen LogP contribution in [0.5, 0.6) is 0 Å². The highest BCUT2D eigenvalue weighted by Gasteiger charge is 2.21. The zero-order valence-corrected chi connectivity index (χ0v) is 15.1. The monoisotopic (exact) mass is 380 g/mol. The Hall–Kier alpha value is -2.94. The number of sulfonamides is 1. The highest BCUT2D eigenvalue weighted by Crippen LogP contribution is 2.25. The molecule has 0 bridgehead atoms. The van der Waals surface area contributed by atoms with Crippen LogP contribution in [0.25, 0.3) is 0 Å². The van der Waals surface area contributed by atoms with Gasteiger partial charge < -0.3 is 10.4 Å². The lowest BCUT2D eigenvalue weighted by Crippen LogP contribution is -2.16. The standard InChI is InChI=1S/C17H17FN2O5S/c1-9-6-10(2)16(8-13(9)17(22)23)26(24,25)20-12-4-5-14(18)15(7-12)19-11(3)21/h4-8,20H,1-3H3,(H,19,21)(H,22,23). The van der Waals surface area contributed by atoms with E-state index < -0.39 is 27.7 Å². The van der Waals surface area contributed by atoms with Gasteiger partial charge >= 0.3 is 5.97 Å². The summed E-state index contributed by atoms with van der Waals surface area (Å²) in [5.74, 6) is -2.47. The molecule has 2 rings (SSSR count). The third-order valence-electron chi connectivity index (χ3n) is 3.57. The fourth-order valence-corrected chi connectivity index (χ4v) is 3.74. The van der Waals surface area contributed by atoms with E-state index in [4.69, 9.17) is 0 Å². The number of anilines is 2. The average Bonchev–Trinajstić information content (AvgIpc) is 2.49. The van der Waals surface area contributed by atoms with E-state index in [2.05, 4.69) is 10.0 Å². The van der Waals surface area contributed by atoms with E-state index in [9.17, 15) is 27.5 Å². The molecular weight excluding hydrogens is 363 g/mol. The van der Waals surface area contributed by atoms with E-state index in [1.807, 2.05) is 0 Å². The molecule has 0 radical (unpaired) electrons. The van der Waals surface area contributed by atoms with Gasteiger partial charge in [-0.05, 0) is 49.2 Å². The molecule has 0 aliphatic rings. The fourth-order valence-electron chi connectivity index (χ4n) is 2.44. The summed E-state index contributed by atoms with van der Waals surface area (Å²) in [7, 11) is -4.12. The summed E-state index contributed by atoms with van der Waals surface area (Å²) in [5, 5.41) is 11.4. The number of halogens is 1. The number of carboxylic acids is 1. The third-order valence-corrected chi connectivity index (χ3v) is 5.09. The molecule has 138 valence electrons. The van der Waals surface area contributed by atoms with Crippen LogP contribution in [-0.4, -0.2) is 25.4 Å². The number of carboxylic acid groups (broad SMARTS) is 1. The zero-order valence-electron chi connectivity index (χ0n) is 14.3. The van der Waals surface area contributed by atoms with Crippen LogP contribution < -0.4 is 10.0 Å². The number of carbonyl (C=O) groups is 2. The van der Waals surface area contributed by atoms with Crippen molar-refractivity contribution < 1.29 is 27.5 Å². The van der Waals surface area contributed by atoms with Crippen LogP contribution in [0.4, 0.5) is 15.8 Å².